The van der Waals surface area contributed by atoms with Gasteiger partial charge in [-0.05, 0) is 38.2 Å². The molecule has 2 heteroatoms. The molecule has 0 amide bonds. The average molecular weight is 217 g/mol. The van der Waals surface area contributed by atoms with E-state index in [1.165, 1.54) is 43.4 Å². The van der Waals surface area contributed by atoms with Gasteiger partial charge in [0.25, 0.3) is 0 Å². The lowest BCUT2D eigenvalue weighted by Gasteiger charge is -2.29. The molecule has 1 aromatic rings. The third-order valence-corrected chi connectivity index (χ3v) is 3.76. The smallest absolute Gasteiger partial charge is 0.108 e. The first-order valence-corrected chi connectivity index (χ1v) is 6.41. The number of hydrogen-bond donors (Lipinski definition) is 1. The van der Waals surface area contributed by atoms with Gasteiger partial charge in [0.05, 0.1) is 6.26 Å². The van der Waals surface area contributed by atoms with Crippen LogP contribution in [0.5, 0.6) is 0 Å². The summed E-state index contributed by atoms with van der Waals surface area (Å²) in [6.07, 6.45) is 13.7. The summed E-state index contributed by atoms with van der Waals surface area (Å²) in [5.41, 5.74) is 1.40. The third kappa shape index (κ3) is 1.94. The molecule has 2 unspecified atom stereocenters. The summed E-state index contributed by atoms with van der Waals surface area (Å²) >= 11 is 0. The van der Waals surface area contributed by atoms with E-state index in [9.17, 15) is 0 Å². The Morgan fingerprint density at radius 1 is 1.25 bits per heavy atom. The molecule has 2 aliphatic rings. The maximum absolute atomic E-state index is 5.52. The molecule has 0 aliphatic heterocycles. The lowest BCUT2D eigenvalue weighted by atomic mass is 9.91. The van der Waals surface area contributed by atoms with Gasteiger partial charge in [0, 0.05) is 24.1 Å². The monoisotopic (exact) mass is 217 g/mol. The molecular weight excluding hydrogens is 198 g/mol. The van der Waals surface area contributed by atoms with Crippen LogP contribution in [0.25, 0.3) is 0 Å². The van der Waals surface area contributed by atoms with Crippen LogP contribution in [0.2, 0.25) is 0 Å². The molecule has 16 heavy (non-hydrogen) atoms. The number of nitrogens with one attached hydrogen (secondary N) is 1. The Hall–Kier alpha value is -1.02. The fourth-order valence-corrected chi connectivity index (χ4v) is 2.89. The van der Waals surface area contributed by atoms with Crippen LogP contribution in [0.15, 0.2) is 28.9 Å². The number of furan rings is 1. The zero-order valence-corrected chi connectivity index (χ0v) is 9.61. The normalized spacial score (nSPS) is 29.0. The van der Waals surface area contributed by atoms with Crippen LogP contribution < -0.4 is 5.32 Å². The first-order chi connectivity index (χ1) is 7.93. The van der Waals surface area contributed by atoms with Gasteiger partial charge in [-0.15, -0.1) is 0 Å². The van der Waals surface area contributed by atoms with Crippen molar-refractivity contribution in [1.82, 2.24) is 5.32 Å². The molecule has 3 rings (SSSR count). The summed E-state index contributed by atoms with van der Waals surface area (Å²) in [5.74, 6) is 1.20. The molecule has 0 spiro atoms. The van der Waals surface area contributed by atoms with Crippen molar-refractivity contribution in [2.24, 2.45) is 0 Å². The van der Waals surface area contributed by atoms with Gasteiger partial charge >= 0.3 is 0 Å². The van der Waals surface area contributed by atoms with Gasteiger partial charge in [0.1, 0.15) is 5.76 Å². The van der Waals surface area contributed by atoms with Gasteiger partial charge in [-0.2, -0.15) is 0 Å². The highest BCUT2D eigenvalue weighted by Gasteiger charge is 2.24. The number of aryl methyl sites for hydroxylation is 1. The van der Waals surface area contributed by atoms with E-state index in [2.05, 4.69) is 23.5 Å². The Balaban J connectivity index is 1.70. The van der Waals surface area contributed by atoms with E-state index >= 15 is 0 Å². The average Bonchev–Trinajstić information content (AvgIpc) is 2.80. The molecule has 1 heterocycles. The summed E-state index contributed by atoms with van der Waals surface area (Å²) in [7, 11) is 0. The van der Waals surface area contributed by atoms with E-state index < -0.39 is 0 Å². The Labute approximate surface area is 96.7 Å². The summed E-state index contributed by atoms with van der Waals surface area (Å²) < 4.78 is 5.52. The van der Waals surface area contributed by atoms with E-state index in [1.54, 1.807) is 0 Å². The van der Waals surface area contributed by atoms with Gasteiger partial charge < -0.3 is 9.73 Å². The van der Waals surface area contributed by atoms with Gasteiger partial charge in [-0.1, -0.05) is 12.2 Å². The van der Waals surface area contributed by atoms with Crippen molar-refractivity contribution in [3.05, 3.63) is 35.8 Å². The molecule has 0 saturated heterocycles. The molecule has 0 fully saturated rings. The Kier molecular flexibility index (Phi) is 2.83. The van der Waals surface area contributed by atoms with Gasteiger partial charge in [0.15, 0.2) is 0 Å². The van der Waals surface area contributed by atoms with Crippen molar-refractivity contribution in [3.63, 3.8) is 0 Å². The molecule has 0 aromatic carbocycles. The molecule has 2 atom stereocenters. The van der Waals surface area contributed by atoms with E-state index in [1.807, 2.05) is 6.26 Å². The van der Waals surface area contributed by atoms with Crippen LogP contribution in [0.3, 0.4) is 0 Å². The van der Waals surface area contributed by atoms with Gasteiger partial charge in [-0.25, -0.2) is 0 Å². The van der Waals surface area contributed by atoms with E-state index in [0.29, 0.717) is 12.1 Å². The van der Waals surface area contributed by atoms with Crippen molar-refractivity contribution in [2.45, 2.75) is 50.6 Å². The third-order valence-electron chi connectivity index (χ3n) is 3.76. The quantitative estimate of drug-likeness (QED) is 0.768. The molecular formula is C14H19NO. The van der Waals surface area contributed by atoms with Gasteiger partial charge in [0.2, 0.25) is 0 Å². The highest BCUT2D eigenvalue weighted by Crippen LogP contribution is 2.31. The SMILES string of the molecule is C1=CCC(NC2CCCc3occc32)CC1. The second kappa shape index (κ2) is 4.46. The van der Waals surface area contributed by atoms with E-state index in [4.69, 9.17) is 4.42 Å². The minimum absolute atomic E-state index is 0.527. The lowest BCUT2D eigenvalue weighted by molar-refractivity contribution is 0.359. The van der Waals surface area contributed by atoms with Gasteiger partial charge in [-0.3, -0.25) is 0 Å². The highest BCUT2D eigenvalue weighted by atomic mass is 16.3. The summed E-state index contributed by atoms with van der Waals surface area (Å²) in [4.78, 5) is 0. The van der Waals surface area contributed by atoms with E-state index in [-0.39, 0.29) is 0 Å². The molecule has 1 aromatic heterocycles. The second-order valence-electron chi connectivity index (χ2n) is 4.89. The number of allylic oxidation sites excluding steroid dienone is 1. The van der Waals surface area contributed by atoms with Crippen LogP contribution >= 0.6 is 0 Å². The molecule has 86 valence electrons. The van der Waals surface area contributed by atoms with Crippen molar-refractivity contribution in [2.75, 3.05) is 0 Å². The minimum Gasteiger partial charge on any atom is -0.469 e. The summed E-state index contributed by atoms with van der Waals surface area (Å²) in [6.45, 7) is 0. The van der Waals surface area contributed by atoms with Crippen LogP contribution in [-0.4, -0.2) is 6.04 Å². The number of hydrogen-bond acceptors (Lipinski definition) is 2. The minimum atomic E-state index is 0.527. The van der Waals surface area contributed by atoms with Crippen LogP contribution in [0.1, 0.15) is 49.5 Å². The Bertz CT molecular complexity index is 380. The van der Waals surface area contributed by atoms with Crippen LogP contribution in [0.4, 0.5) is 0 Å². The highest BCUT2D eigenvalue weighted by molar-refractivity contribution is 5.24. The van der Waals surface area contributed by atoms with Crippen LogP contribution in [-0.2, 0) is 6.42 Å². The fraction of sp³-hybridized carbons (Fsp3) is 0.571. The summed E-state index contributed by atoms with van der Waals surface area (Å²) in [6, 6.07) is 3.33. The zero-order valence-electron chi connectivity index (χ0n) is 9.61. The largest absolute Gasteiger partial charge is 0.469 e. The first-order valence-electron chi connectivity index (χ1n) is 6.41. The van der Waals surface area contributed by atoms with Crippen LogP contribution in [0, 0.1) is 0 Å². The van der Waals surface area contributed by atoms with Crippen molar-refractivity contribution >= 4 is 0 Å². The van der Waals surface area contributed by atoms with E-state index in [0.717, 1.165) is 6.42 Å². The predicted molar refractivity (Wildman–Crippen MR) is 64.3 cm³/mol. The maximum Gasteiger partial charge on any atom is 0.108 e. The topological polar surface area (TPSA) is 25.2 Å². The van der Waals surface area contributed by atoms with Crippen molar-refractivity contribution in [3.8, 4) is 0 Å². The number of fused-ring (bicyclic) bond motifs is 1. The van der Waals surface area contributed by atoms with Crippen molar-refractivity contribution < 1.29 is 4.42 Å². The standard InChI is InChI=1S/C14H19NO/c1-2-5-11(6-3-1)15-13-7-4-8-14-12(13)9-10-16-14/h1-2,9-11,13,15H,3-8H2. The maximum atomic E-state index is 5.52. The zero-order chi connectivity index (χ0) is 10.8. The fourth-order valence-electron chi connectivity index (χ4n) is 2.89. The molecule has 0 radical (unpaired) electrons. The molecule has 0 bridgehead atoms. The Morgan fingerprint density at radius 3 is 3.12 bits per heavy atom. The first kappa shape index (κ1) is 10.2. The van der Waals surface area contributed by atoms with Crippen molar-refractivity contribution in [1.29, 1.82) is 0 Å². The molecule has 2 nitrogen and oxygen atoms in total. The second-order valence-corrected chi connectivity index (χ2v) is 4.89. The molecule has 0 saturated carbocycles. The lowest BCUT2D eigenvalue weighted by Crippen LogP contribution is -2.34. The summed E-state index contributed by atoms with van der Waals surface area (Å²) in [5, 5.41) is 3.79. The molecule has 2 aliphatic carbocycles. The predicted octanol–water partition coefficient (Wildman–Crippen LogP) is 3.36. The molecule has 1 N–H and O–H groups in total. The number of rotatable bonds is 2. The Morgan fingerprint density at radius 2 is 2.25 bits per heavy atom.